The van der Waals surface area contributed by atoms with Crippen LogP contribution < -0.4 is 10.4 Å². The molecular formula is C31H41N4O7S-. The first-order valence-electron chi connectivity index (χ1n) is 14.6. The topological polar surface area (TPSA) is 155 Å². The fourth-order valence-corrected chi connectivity index (χ4v) is 7.70. The molecule has 2 aliphatic heterocycles. The number of benzene rings is 2. The summed E-state index contributed by atoms with van der Waals surface area (Å²) >= 11 is 0. The van der Waals surface area contributed by atoms with Crippen molar-refractivity contribution in [3.63, 3.8) is 0 Å². The third-order valence-electron chi connectivity index (χ3n) is 8.33. The third-order valence-corrected chi connectivity index (χ3v) is 10.1. The van der Waals surface area contributed by atoms with Crippen molar-refractivity contribution in [1.82, 2.24) is 9.21 Å². The lowest BCUT2D eigenvalue weighted by Gasteiger charge is -2.43. The minimum absolute atomic E-state index is 0.00626. The van der Waals surface area contributed by atoms with Crippen LogP contribution in [-0.2, 0) is 25.9 Å². The fourth-order valence-electron chi connectivity index (χ4n) is 6.01. The van der Waals surface area contributed by atoms with Crippen LogP contribution in [0.4, 0.5) is 10.5 Å². The summed E-state index contributed by atoms with van der Waals surface area (Å²) < 4.78 is 40.8. The predicted molar refractivity (Wildman–Crippen MR) is 158 cm³/mol. The first kappa shape index (κ1) is 32.7. The van der Waals surface area contributed by atoms with E-state index in [9.17, 15) is 28.7 Å². The lowest BCUT2D eigenvalue weighted by Crippen LogP contribution is -2.61. The lowest BCUT2D eigenvalue weighted by molar-refractivity contribution is -0.273. The van der Waals surface area contributed by atoms with E-state index in [1.165, 1.54) is 16.4 Å². The zero-order valence-corrected chi connectivity index (χ0v) is 25.7. The zero-order valence-electron chi connectivity index (χ0n) is 24.9. The molecule has 0 radical (unpaired) electrons. The molecule has 43 heavy (non-hydrogen) atoms. The summed E-state index contributed by atoms with van der Waals surface area (Å²) in [6.07, 6.45) is -2.02. The van der Waals surface area contributed by atoms with Crippen molar-refractivity contribution >= 4 is 21.8 Å². The molecule has 0 unspecified atom stereocenters. The van der Waals surface area contributed by atoms with E-state index in [-0.39, 0.29) is 43.4 Å². The van der Waals surface area contributed by atoms with Crippen LogP contribution in [0.3, 0.4) is 0 Å². The zero-order chi connectivity index (χ0) is 31.2. The molecule has 2 heterocycles. The van der Waals surface area contributed by atoms with E-state index in [1.54, 1.807) is 19.2 Å². The number of aliphatic hydroxyl groups excluding tert-OH is 1. The van der Waals surface area contributed by atoms with Gasteiger partial charge >= 0.3 is 0 Å². The van der Waals surface area contributed by atoms with Gasteiger partial charge in [-0.25, -0.2) is 8.42 Å². The molecule has 2 aromatic carbocycles. The standard InChI is InChI=1S/C31H42N4O7S/c1-31(2,14-8-15-32)21-34(43(39,40)24-12-7-11-23(18-24)33-3)19-28(36)26(17-22-9-5-4-6-10-22)35(30(37)38)27-20-42-29-25(27)13-16-41-29/h4-7,9-12,18,25-29,33,36H,8,13-14,16-17,19-21H2,1-3H3,(H,37,38)/p-1/t25-,26-,27-,28+,29+/m0/s1. The Bertz CT molecular complexity index is 1380. The Morgan fingerprint density at radius 2 is 1.95 bits per heavy atom. The summed E-state index contributed by atoms with van der Waals surface area (Å²) in [6, 6.07) is 16.0. The SMILES string of the molecule is CNc1cccc(S(=O)(=O)N(C[C@@H](O)[C@H](Cc2ccccc2)N(C(=O)[O-])[C@H]2CO[C@H]3OCC[C@H]32)CC(C)(C)CCC#N)c1. The van der Waals surface area contributed by atoms with E-state index in [0.29, 0.717) is 25.1 Å². The number of carbonyl (C=O) groups is 1. The van der Waals surface area contributed by atoms with Gasteiger partial charge < -0.3 is 34.7 Å². The third kappa shape index (κ3) is 7.85. The highest BCUT2D eigenvalue weighted by atomic mass is 32.2. The number of carboxylic acid groups (broad SMARTS) is 1. The molecule has 2 aliphatic rings. The summed E-state index contributed by atoms with van der Waals surface area (Å²) in [4.78, 5) is 14.0. The molecule has 2 N–H and O–H groups in total. The Kier molecular flexibility index (Phi) is 10.7. The molecule has 5 atom stereocenters. The molecule has 0 saturated carbocycles. The predicted octanol–water partition coefficient (Wildman–Crippen LogP) is 2.43. The number of hydrogen-bond acceptors (Lipinski definition) is 9. The molecule has 12 heteroatoms. The van der Waals surface area contributed by atoms with Crippen molar-refractivity contribution in [3.8, 4) is 6.07 Å². The number of rotatable bonds is 14. The molecule has 4 rings (SSSR count). The van der Waals surface area contributed by atoms with Gasteiger partial charge in [-0.3, -0.25) is 0 Å². The maximum Gasteiger partial charge on any atom is 0.243 e. The second kappa shape index (κ2) is 14.1. The van der Waals surface area contributed by atoms with Gasteiger partial charge in [0.15, 0.2) is 6.29 Å². The Labute approximate surface area is 254 Å². The van der Waals surface area contributed by atoms with Crippen LogP contribution in [-0.4, -0.2) is 86.7 Å². The molecular weight excluding hydrogens is 572 g/mol. The molecule has 0 bridgehead atoms. The minimum Gasteiger partial charge on any atom is -0.530 e. The van der Waals surface area contributed by atoms with Crippen molar-refractivity contribution in [3.05, 3.63) is 60.2 Å². The Hall–Kier alpha value is -3.21. The average Bonchev–Trinajstić information content (AvgIpc) is 3.61. The number of fused-ring (bicyclic) bond motifs is 1. The number of carbonyl (C=O) groups excluding carboxylic acids is 1. The monoisotopic (exact) mass is 613 g/mol. The molecule has 0 spiro atoms. The normalized spacial score (nSPS) is 21.6. The van der Waals surface area contributed by atoms with Gasteiger partial charge in [0, 0.05) is 38.2 Å². The van der Waals surface area contributed by atoms with E-state index in [2.05, 4.69) is 11.4 Å². The van der Waals surface area contributed by atoms with Gasteiger partial charge in [-0.2, -0.15) is 9.57 Å². The van der Waals surface area contributed by atoms with Gasteiger partial charge in [-0.05, 0) is 48.4 Å². The number of nitriles is 1. The van der Waals surface area contributed by atoms with Crippen LogP contribution in [0.1, 0.15) is 38.7 Å². The molecule has 0 aromatic heterocycles. The van der Waals surface area contributed by atoms with Gasteiger partial charge in [0.1, 0.15) is 6.09 Å². The van der Waals surface area contributed by atoms with E-state index in [0.717, 1.165) is 10.5 Å². The van der Waals surface area contributed by atoms with Crippen LogP contribution in [0.2, 0.25) is 0 Å². The molecule has 2 fully saturated rings. The molecule has 234 valence electrons. The smallest absolute Gasteiger partial charge is 0.243 e. The van der Waals surface area contributed by atoms with Crippen molar-refractivity contribution in [2.24, 2.45) is 11.3 Å². The second-order valence-corrected chi connectivity index (χ2v) is 13.9. The van der Waals surface area contributed by atoms with Crippen LogP contribution in [0.25, 0.3) is 0 Å². The van der Waals surface area contributed by atoms with Crippen molar-refractivity contribution in [1.29, 1.82) is 5.26 Å². The van der Waals surface area contributed by atoms with Crippen LogP contribution in [0.5, 0.6) is 0 Å². The summed E-state index contributed by atoms with van der Waals surface area (Å²) in [5, 5.41) is 36.8. The Morgan fingerprint density at radius 1 is 1.21 bits per heavy atom. The van der Waals surface area contributed by atoms with Crippen LogP contribution >= 0.6 is 0 Å². The largest absolute Gasteiger partial charge is 0.530 e. The fraction of sp³-hybridized carbons (Fsp3) is 0.548. The number of nitrogens with one attached hydrogen (secondary N) is 1. The highest BCUT2D eigenvalue weighted by Crippen LogP contribution is 2.36. The van der Waals surface area contributed by atoms with E-state index in [4.69, 9.17) is 9.47 Å². The number of nitrogens with zero attached hydrogens (tertiary/aromatic N) is 3. The van der Waals surface area contributed by atoms with Gasteiger partial charge in [0.25, 0.3) is 0 Å². The van der Waals surface area contributed by atoms with Crippen LogP contribution in [0, 0.1) is 22.7 Å². The molecule has 2 aromatic rings. The van der Waals surface area contributed by atoms with Crippen LogP contribution in [0.15, 0.2) is 59.5 Å². The van der Waals surface area contributed by atoms with Gasteiger partial charge in [-0.15, -0.1) is 0 Å². The summed E-state index contributed by atoms with van der Waals surface area (Å²) in [6.45, 7) is 3.89. The first-order chi connectivity index (χ1) is 20.5. The minimum atomic E-state index is -4.15. The number of aliphatic hydroxyl groups is 1. The lowest BCUT2D eigenvalue weighted by atomic mass is 9.87. The highest BCUT2D eigenvalue weighted by Gasteiger charge is 2.47. The number of amides is 1. The Morgan fingerprint density at radius 3 is 2.63 bits per heavy atom. The second-order valence-electron chi connectivity index (χ2n) is 12.0. The summed E-state index contributed by atoms with van der Waals surface area (Å²) in [5.74, 6) is -0.225. The molecule has 11 nitrogen and oxygen atoms in total. The maximum atomic E-state index is 14.1. The van der Waals surface area contributed by atoms with E-state index >= 15 is 0 Å². The maximum absolute atomic E-state index is 14.1. The van der Waals surface area contributed by atoms with Gasteiger partial charge in [-0.1, -0.05) is 50.2 Å². The highest BCUT2D eigenvalue weighted by molar-refractivity contribution is 7.89. The Balaban J connectivity index is 1.72. The van der Waals surface area contributed by atoms with Crippen molar-refractivity contribution < 1.29 is 32.9 Å². The van der Waals surface area contributed by atoms with Gasteiger partial charge in [0.2, 0.25) is 10.0 Å². The van der Waals surface area contributed by atoms with Crippen molar-refractivity contribution in [2.45, 2.75) is 68.9 Å². The first-order valence-corrected chi connectivity index (χ1v) is 16.0. The number of hydrogen-bond donors (Lipinski definition) is 2. The summed E-state index contributed by atoms with van der Waals surface area (Å²) in [7, 11) is -2.46. The average molecular weight is 614 g/mol. The molecule has 0 aliphatic carbocycles. The van der Waals surface area contributed by atoms with E-state index in [1.807, 2.05) is 44.2 Å². The van der Waals surface area contributed by atoms with Crippen molar-refractivity contribution in [2.75, 3.05) is 38.7 Å². The molecule has 2 saturated heterocycles. The van der Waals surface area contributed by atoms with Gasteiger partial charge in [0.05, 0.1) is 42.4 Å². The van der Waals surface area contributed by atoms with E-state index < -0.39 is 46.0 Å². The molecule has 1 amide bonds. The number of anilines is 1. The quantitative estimate of drug-likeness (QED) is 0.327. The number of ether oxygens (including phenoxy) is 2. The number of sulfonamides is 1. The summed E-state index contributed by atoms with van der Waals surface area (Å²) in [5.41, 5.74) is 0.770.